The second kappa shape index (κ2) is 8.02. The van der Waals surface area contributed by atoms with E-state index in [1.54, 1.807) is 18.6 Å². The van der Waals surface area contributed by atoms with Crippen LogP contribution < -0.4 is 4.74 Å². The van der Waals surface area contributed by atoms with E-state index in [1.165, 1.54) is 5.56 Å². The van der Waals surface area contributed by atoms with Crippen LogP contribution in [0.4, 0.5) is 0 Å². The van der Waals surface area contributed by atoms with Crippen molar-refractivity contribution >= 4 is 6.21 Å². The van der Waals surface area contributed by atoms with Crippen molar-refractivity contribution in [2.24, 2.45) is 4.99 Å². The molecule has 1 aromatic carbocycles. The third-order valence-electron chi connectivity index (χ3n) is 3.58. The average molecular weight is 317 g/mol. The van der Waals surface area contributed by atoms with Gasteiger partial charge in [0.15, 0.2) is 0 Å². The average Bonchev–Trinajstić information content (AvgIpc) is 2.67. The Balaban J connectivity index is 1.57. The predicted molar refractivity (Wildman–Crippen MR) is 95.3 cm³/mol. The summed E-state index contributed by atoms with van der Waals surface area (Å²) in [6.45, 7) is 2.50. The van der Waals surface area contributed by atoms with Gasteiger partial charge in [0, 0.05) is 12.4 Å². The van der Waals surface area contributed by atoms with Crippen LogP contribution in [0.5, 0.6) is 5.75 Å². The highest BCUT2D eigenvalue weighted by atomic mass is 16.5. The molecule has 0 aliphatic carbocycles. The molecule has 0 radical (unpaired) electrons. The Bertz CT molecular complexity index is 771. The van der Waals surface area contributed by atoms with Crippen molar-refractivity contribution in [2.75, 3.05) is 0 Å². The molecule has 120 valence electrons. The number of aromatic nitrogens is 2. The van der Waals surface area contributed by atoms with E-state index in [0.717, 1.165) is 11.4 Å². The predicted octanol–water partition coefficient (Wildman–Crippen LogP) is 4.24. The van der Waals surface area contributed by atoms with Crippen LogP contribution in [-0.4, -0.2) is 16.2 Å². The van der Waals surface area contributed by atoms with Crippen LogP contribution in [0.1, 0.15) is 29.9 Å². The van der Waals surface area contributed by atoms with Crippen LogP contribution in [0.25, 0.3) is 0 Å². The van der Waals surface area contributed by atoms with Gasteiger partial charge in [-0.3, -0.25) is 15.0 Å². The molecule has 4 nitrogen and oxygen atoms in total. The Morgan fingerprint density at radius 1 is 1.00 bits per heavy atom. The number of nitrogens with zero attached hydrogens (tertiary/aromatic N) is 3. The molecule has 0 fully saturated rings. The van der Waals surface area contributed by atoms with Gasteiger partial charge < -0.3 is 4.74 Å². The summed E-state index contributed by atoms with van der Waals surface area (Å²) in [5.41, 5.74) is 2.88. The summed E-state index contributed by atoms with van der Waals surface area (Å²) in [7, 11) is 0. The Hall–Kier alpha value is -3.01. The van der Waals surface area contributed by atoms with Gasteiger partial charge in [-0.1, -0.05) is 36.4 Å². The molecule has 24 heavy (non-hydrogen) atoms. The first-order valence-electron chi connectivity index (χ1n) is 7.88. The molecule has 0 amide bonds. The van der Waals surface area contributed by atoms with E-state index in [2.05, 4.69) is 34.0 Å². The normalized spacial score (nSPS) is 12.2. The van der Waals surface area contributed by atoms with Crippen LogP contribution in [0, 0.1) is 0 Å². The van der Waals surface area contributed by atoms with Gasteiger partial charge in [-0.15, -0.1) is 0 Å². The van der Waals surface area contributed by atoms with Gasteiger partial charge in [-0.25, -0.2) is 0 Å². The first-order valence-corrected chi connectivity index (χ1v) is 7.88. The van der Waals surface area contributed by atoms with Gasteiger partial charge in [0.2, 0.25) is 0 Å². The zero-order valence-electron chi connectivity index (χ0n) is 13.5. The molecule has 0 N–H and O–H groups in total. The number of hydrogen-bond donors (Lipinski definition) is 0. The quantitative estimate of drug-likeness (QED) is 0.639. The van der Waals surface area contributed by atoms with Crippen LogP contribution in [0.3, 0.4) is 0 Å². The van der Waals surface area contributed by atoms with Crippen molar-refractivity contribution in [3.8, 4) is 5.75 Å². The minimum Gasteiger partial charge on any atom is -0.486 e. The number of ether oxygens (including phenoxy) is 1. The molecular formula is C20H19N3O. The number of aliphatic imine (C=N–C) groups is 1. The summed E-state index contributed by atoms with van der Waals surface area (Å²) in [5.74, 6) is 0.717. The van der Waals surface area contributed by atoms with E-state index < -0.39 is 0 Å². The molecule has 2 aromatic heterocycles. The summed E-state index contributed by atoms with van der Waals surface area (Å²) < 4.78 is 5.67. The Labute approximate surface area is 141 Å². The van der Waals surface area contributed by atoms with Crippen molar-refractivity contribution < 1.29 is 4.74 Å². The monoisotopic (exact) mass is 317 g/mol. The van der Waals surface area contributed by atoms with Crippen molar-refractivity contribution in [3.63, 3.8) is 0 Å². The maximum atomic E-state index is 5.67. The van der Waals surface area contributed by atoms with E-state index >= 15 is 0 Å². The Morgan fingerprint density at radius 3 is 2.54 bits per heavy atom. The number of rotatable bonds is 6. The van der Waals surface area contributed by atoms with E-state index in [-0.39, 0.29) is 6.04 Å². The van der Waals surface area contributed by atoms with E-state index in [0.29, 0.717) is 12.4 Å². The number of pyridine rings is 2. The highest BCUT2D eigenvalue weighted by molar-refractivity contribution is 5.77. The van der Waals surface area contributed by atoms with Crippen molar-refractivity contribution in [1.29, 1.82) is 0 Å². The molecule has 0 aliphatic heterocycles. The standard InChI is InChI=1S/C20H19N3O/c1-16(17-7-3-2-4-8-17)22-13-18-10-11-20(14-23-18)24-15-19-9-5-6-12-21-19/h2-14,16H,15H2,1H3/t16-/m1/s1. The largest absolute Gasteiger partial charge is 0.486 e. The Morgan fingerprint density at radius 2 is 1.83 bits per heavy atom. The summed E-state index contributed by atoms with van der Waals surface area (Å²) >= 11 is 0. The lowest BCUT2D eigenvalue weighted by atomic mass is 10.1. The molecule has 0 spiro atoms. The maximum Gasteiger partial charge on any atom is 0.138 e. The van der Waals surface area contributed by atoms with Gasteiger partial charge in [0.1, 0.15) is 12.4 Å². The molecule has 0 bridgehead atoms. The highest BCUT2D eigenvalue weighted by Crippen LogP contribution is 2.16. The molecule has 0 saturated carbocycles. The third-order valence-corrected chi connectivity index (χ3v) is 3.58. The second-order valence-corrected chi connectivity index (χ2v) is 5.39. The van der Waals surface area contributed by atoms with Crippen LogP contribution in [-0.2, 0) is 6.61 Å². The van der Waals surface area contributed by atoms with Gasteiger partial charge in [-0.2, -0.15) is 0 Å². The molecular weight excluding hydrogens is 298 g/mol. The zero-order valence-corrected chi connectivity index (χ0v) is 13.5. The molecule has 0 aliphatic rings. The molecule has 0 unspecified atom stereocenters. The van der Waals surface area contributed by atoms with Gasteiger partial charge in [-0.05, 0) is 36.8 Å². The van der Waals surface area contributed by atoms with Crippen LogP contribution in [0.15, 0.2) is 78.0 Å². The highest BCUT2D eigenvalue weighted by Gasteiger charge is 2.01. The third kappa shape index (κ3) is 4.49. The lowest BCUT2D eigenvalue weighted by Crippen LogP contribution is -1.98. The molecule has 0 saturated heterocycles. The second-order valence-electron chi connectivity index (χ2n) is 5.39. The lowest BCUT2D eigenvalue weighted by molar-refractivity contribution is 0.300. The number of benzene rings is 1. The van der Waals surface area contributed by atoms with Crippen LogP contribution >= 0.6 is 0 Å². The van der Waals surface area contributed by atoms with E-state index in [1.807, 2.05) is 48.5 Å². The fraction of sp³-hybridized carbons (Fsp3) is 0.150. The fourth-order valence-electron chi connectivity index (χ4n) is 2.20. The molecule has 3 rings (SSSR count). The summed E-state index contributed by atoms with van der Waals surface area (Å²) in [6.07, 6.45) is 5.25. The van der Waals surface area contributed by atoms with Crippen molar-refractivity contribution in [1.82, 2.24) is 9.97 Å². The smallest absolute Gasteiger partial charge is 0.138 e. The van der Waals surface area contributed by atoms with Crippen molar-refractivity contribution in [3.05, 3.63) is 90.0 Å². The SMILES string of the molecule is C[C@@H](N=Cc1ccc(OCc2ccccn2)cn1)c1ccccc1. The molecule has 1 atom stereocenters. The lowest BCUT2D eigenvalue weighted by Gasteiger charge is -2.06. The maximum absolute atomic E-state index is 5.67. The van der Waals surface area contributed by atoms with Crippen LogP contribution in [0.2, 0.25) is 0 Å². The van der Waals surface area contributed by atoms with E-state index in [4.69, 9.17) is 4.74 Å². The molecule has 3 aromatic rings. The molecule has 2 heterocycles. The van der Waals surface area contributed by atoms with Gasteiger partial charge in [0.25, 0.3) is 0 Å². The fourth-order valence-corrected chi connectivity index (χ4v) is 2.20. The van der Waals surface area contributed by atoms with Gasteiger partial charge in [0.05, 0.1) is 23.6 Å². The summed E-state index contributed by atoms with van der Waals surface area (Å²) in [4.78, 5) is 13.1. The Kier molecular flexibility index (Phi) is 5.30. The van der Waals surface area contributed by atoms with E-state index in [9.17, 15) is 0 Å². The molecule has 4 heteroatoms. The topological polar surface area (TPSA) is 47.4 Å². The van der Waals surface area contributed by atoms with Crippen molar-refractivity contribution in [2.45, 2.75) is 19.6 Å². The first-order chi connectivity index (χ1) is 11.8. The first kappa shape index (κ1) is 15.9. The van der Waals surface area contributed by atoms with Gasteiger partial charge >= 0.3 is 0 Å². The summed E-state index contributed by atoms with van der Waals surface area (Å²) in [5, 5.41) is 0. The minimum atomic E-state index is 0.105. The summed E-state index contributed by atoms with van der Waals surface area (Å²) in [6, 6.07) is 19.8. The number of hydrogen-bond acceptors (Lipinski definition) is 4. The zero-order chi connectivity index (χ0) is 16.6. The minimum absolute atomic E-state index is 0.105.